The van der Waals surface area contributed by atoms with Crippen molar-refractivity contribution in [2.24, 2.45) is 0 Å². The van der Waals surface area contributed by atoms with Gasteiger partial charge in [0.2, 0.25) is 0 Å². The lowest BCUT2D eigenvalue weighted by atomic mass is 10.0. The van der Waals surface area contributed by atoms with Gasteiger partial charge >= 0.3 is 5.97 Å². The molecular formula is C21H18O3S. The molecule has 3 rings (SSSR count). The van der Waals surface area contributed by atoms with Crippen molar-refractivity contribution >= 4 is 16.8 Å². The summed E-state index contributed by atoms with van der Waals surface area (Å²) in [5, 5.41) is 8.15. The van der Waals surface area contributed by atoms with E-state index in [1.165, 1.54) is 0 Å². The van der Waals surface area contributed by atoms with Crippen molar-refractivity contribution in [3.05, 3.63) is 108 Å². The molecule has 0 aliphatic rings. The standard InChI is InChI=1S/C21H18O3S/c22-21(23)20(18-14-8-3-9-15-18)25(24)19(16-10-4-1-5-11-16)17-12-6-2-7-13-17/h1-15,19-20H,(H,22,23). The van der Waals surface area contributed by atoms with Crippen LogP contribution in [0.15, 0.2) is 91.0 Å². The summed E-state index contributed by atoms with van der Waals surface area (Å²) >= 11 is 0. The first-order valence-electron chi connectivity index (χ1n) is 7.95. The minimum Gasteiger partial charge on any atom is -0.480 e. The molecule has 2 unspecified atom stereocenters. The third-order valence-corrected chi connectivity index (χ3v) is 5.94. The van der Waals surface area contributed by atoms with Crippen LogP contribution in [0.1, 0.15) is 27.2 Å². The van der Waals surface area contributed by atoms with Crippen LogP contribution in [0.3, 0.4) is 0 Å². The predicted octanol–water partition coefficient (Wildman–Crippen LogP) is 4.35. The lowest BCUT2D eigenvalue weighted by Crippen LogP contribution is -2.22. The first-order chi connectivity index (χ1) is 12.2. The molecule has 4 heteroatoms. The first-order valence-corrected chi connectivity index (χ1v) is 9.23. The Hall–Kier alpha value is -2.72. The van der Waals surface area contributed by atoms with E-state index in [-0.39, 0.29) is 0 Å². The van der Waals surface area contributed by atoms with Crippen LogP contribution >= 0.6 is 0 Å². The average molecular weight is 350 g/mol. The molecule has 3 nitrogen and oxygen atoms in total. The van der Waals surface area contributed by atoms with Gasteiger partial charge in [-0.1, -0.05) is 91.0 Å². The highest BCUT2D eigenvalue weighted by molar-refractivity contribution is 7.86. The van der Waals surface area contributed by atoms with Crippen LogP contribution in [-0.4, -0.2) is 15.3 Å². The predicted molar refractivity (Wildman–Crippen MR) is 99.7 cm³/mol. The molecule has 25 heavy (non-hydrogen) atoms. The Labute approximate surface area is 149 Å². The number of carbonyl (C=O) groups is 1. The maximum atomic E-state index is 13.4. The Balaban J connectivity index is 2.09. The van der Waals surface area contributed by atoms with E-state index in [9.17, 15) is 14.1 Å². The summed E-state index contributed by atoms with van der Waals surface area (Å²) in [6, 6.07) is 27.6. The summed E-state index contributed by atoms with van der Waals surface area (Å²) in [6.07, 6.45) is 0. The summed E-state index contributed by atoms with van der Waals surface area (Å²) < 4.78 is 13.4. The number of hydrogen-bond acceptors (Lipinski definition) is 2. The maximum Gasteiger partial charge on any atom is 0.323 e. The van der Waals surface area contributed by atoms with Gasteiger partial charge in [-0.3, -0.25) is 9.00 Å². The molecule has 3 aromatic rings. The van der Waals surface area contributed by atoms with Gasteiger partial charge in [-0.25, -0.2) is 0 Å². The van der Waals surface area contributed by atoms with E-state index in [4.69, 9.17) is 0 Å². The van der Waals surface area contributed by atoms with Crippen LogP contribution in [0.25, 0.3) is 0 Å². The quantitative estimate of drug-likeness (QED) is 0.719. The monoisotopic (exact) mass is 350 g/mol. The smallest absolute Gasteiger partial charge is 0.323 e. The summed E-state index contributed by atoms with van der Waals surface area (Å²) in [7, 11) is -1.68. The summed E-state index contributed by atoms with van der Waals surface area (Å²) in [4.78, 5) is 11.9. The Morgan fingerprint density at radius 1 is 0.680 bits per heavy atom. The van der Waals surface area contributed by atoms with Gasteiger partial charge in [-0.15, -0.1) is 0 Å². The van der Waals surface area contributed by atoms with Crippen molar-refractivity contribution in [1.29, 1.82) is 0 Å². The minimum absolute atomic E-state index is 0.510. The summed E-state index contributed by atoms with van der Waals surface area (Å²) in [5.74, 6) is -1.08. The Kier molecular flexibility index (Phi) is 5.41. The highest BCUT2D eigenvalue weighted by Crippen LogP contribution is 2.35. The largest absolute Gasteiger partial charge is 0.480 e. The van der Waals surface area contributed by atoms with E-state index >= 15 is 0 Å². The second-order valence-electron chi connectivity index (χ2n) is 5.66. The van der Waals surface area contributed by atoms with E-state index in [1.54, 1.807) is 24.3 Å². The highest BCUT2D eigenvalue weighted by atomic mass is 32.2. The van der Waals surface area contributed by atoms with Gasteiger partial charge in [0.15, 0.2) is 5.25 Å². The molecule has 0 heterocycles. The second-order valence-corrected chi connectivity index (χ2v) is 7.26. The lowest BCUT2D eigenvalue weighted by molar-refractivity contribution is -0.136. The fourth-order valence-corrected chi connectivity index (χ4v) is 4.60. The zero-order valence-electron chi connectivity index (χ0n) is 13.5. The Bertz CT molecular complexity index is 809. The SMILES string of the molecule is O=C(O)C(c1ccccc1)S(=O)C(c1ccccc1)c1ccccc1. The molecule has 0 fully saturated rings. The number of carboxylic acid groups (broad SMARTS) is 1. The van der Waals surface area contributed by atoms with E-state index in [1.807, 2.05) is 66.7 Å². The Morgan fingerprint density at radius 2 is 1.04 bits per heavy atom. The van der Waals surface area contributed by atoms with E-state index < -0.39 is 27.3 Å². The van der Waals surface area contributed by atoms with Crippen LogP contribution < -0.4 is 0 Å². The molecule has 0 aliphatic heterocycles. The highest BCUT2D eigenvalue weighted by Gasteiger charge is 2.34. The first kappa shape index (κ1) is 17.1. The molecule has 0 saturated heterocycles. The lowest BCUT2D eigenvalue weighted by Gasteiger charge is -2.22. The van der Waals surface area contributed by atoms with Gasteiger partial charge in [0.25, 0.3) is 0 Å². The molecule has 0 spiro atoms. The van der Waals surface area contributed by atoms with Crippen molar-refractivity contribution in [2.75, 3.05) is 0 Å². The van der Waals surface area contributed by atoms with Crippen molar-refractivity contribution < 1.29 is 14.1 Å². The van der Waals surface area contributed by atoms with Crippen LogP contribution in [0.4, 0.5) is 0 Å². The number of carboxylic acids is 1. The van der Waals surface area contributed by atoms with Crippen molar-refractivity contribution in [3.8, 4) is 0 Å². The van der Waals surface area contributed by atoms with Crippen LogP contribution in [0.5, 0.6) is 0 Å². The van der Waals surface area contributed by atoms with Crippen molar-refractivity contribution in [1.82, 2.24) is 0 Å². The van der Waals surface area contributed by atoms with E-state index in [2.05, 4.69) is 0 Å². The molecule has 0 radical (unpaired) electrons. The second kappa shape index (κ2) is 7.90. The fraction of sp³-hybridized carbons (Fsp3) is 0.0952. The normalized spacial score (nSPS) is 13.3. The molecule has 0 aromatic heterocycles. The zero-order chi connectivity index (χ0) is 17.6. The maximum absolute atomic E-state index is 13.4. The van der Waals surface area contributed by atoms with Gasteiger partial charge < -0.3 is 5.11 Å². The molecule has 2 atom stereocenters. The van der Waals surface area contributed by atoms with Gasteiger partial charge in [0.05, 0.1) is 16.0 Å². The zero-order valence-corrected chi connectivity index (χ0v) is 14.3. The number of rotatable bonds is 6. The molecule has 3 aromatic carbocycles. The van der Waals surface area contributed by atoms with Crippen molar-refractivity contribution in [3.63, 3.8) is 0 Å². The molecule has 1 N–H and O–H groups in total. The Morgan fingerprint density at radius 3 is 1.40 bits per heavy atom. The van der Waals surface area contributed by atoms with Crippen LogP contribution in [-0.2, 0) is 15.6 Å². The number of aliphatic carboxylic acids is 1. The molecule has 0 saturated carbocycles. The van der Waals surface area contributed by atoms with Gasteiger partial charge in [0.1, 0.15) is 0 Å². The average Bonchev–Trinajstić information content (AvgIpc) is 2.64. The minimum atomic E-state index is -1.68. The fourth-order valence-electron chi connectivity index (χ4n) is 2.86. The number of benzene rings is 3. The molecule has 0 amide bonds. The van der Waals surface area contributed by atoms with Crippen molar-refractivity contribution in [2.45, 2.75) is 10.5 Å². The number of hydrogen-bond donors (Lipinski definition) is 1. The van der Waals surface area contributed by atoms with Gasteiger partial charge in [-0.2, -0.15) is 0 Å². The van der Waals surface area contributed by atoms with Crippen LogP contribution in [0, 0.1) is 0 Å². The third-order valence-electron chi connectivity index (χ3n) is 4.00. The molecule has 126 valence electrons. The van der Waals surface area contributed by atoms with Crippen LogP contribution in [0.2, 0.25) is 0 Å². The summed E-state index contributed by atoms with van der Waals surface area (Å²) in [6.45, 7) is 0. The van der Waals surface area contributed by atoms with Gasteiger partial charge in [-0.05, 0) is 16.7 Å². The molecular weight excluding hydrogens is 332 g/mol. The summed E-state index contributed by atoms with van der Waals surface area (Å²) in [5.41, 5.74) is 2.23. The molecule has 0 bridgehead atoms. The topological polar surface area (TPSA) is 54.4 Å². The molecule has 0 aliphatic carbocycles. The van der Waals surface area contributed by atoms with Gasteiger partial charge in [0, 0.05) is 0 Å². The third kappa shape index (κ3) is 3.86. The van der Waals surface area contributed by atoms with E-state index in [0.29, 0.717) is 5.56 Å². The van der Waals surface area contributed by atoms with E-state index in [0.717, 1.165) is 11.1 Å².